The predicted molar refractivity (Wildman–Crippen MR) is 65.2 cm³/mol. The smallest absolute Gasteiger partial charge is 0.299 e. The minimum absolute atomic E-state index is 0.00995. The van der Waals surface area contributed by atoms with Crippen LogP contribution < -0.4 is 10.3 Å². The van der Waals surface area contributed by atoms with Gasteiger partial charge in [0.25, 0.3) is 11.6 Å². The number of benzene rings is 1. The second kappa shape index (κ2) is 5.17. The molecule has 0 bridgehead atoms. The van der Waals surface area contributed by atoms with Crippen molar-refractivity contribution in [1.82, 2.24) is 9.55 Å². The zero-order valence-corrected chi connectivity index (χ0v) is 10.5. The minimum Gasteiger partial charge on any atom is -0.468 e. The second-order valence-electron chi connectivity index (χ2n) is 4.09. The Labute approximate surface area is 108 Å². The molecule has 0 N–H and O–H groups in total. The lowest BCUT2D eigenvalue weighted by atomic mass is 10.2. The second-order valence-corrected chi connectivity index (χ2v) is 4.09. The first-order valence-corrected chi connectivity index (χ1v) is 5.57. The van der Waals surface area contributed by atoms with Crippen LogP contribution in [0.2, 0.25) is 0 Å². The Morgan fingerprint density at radius 2 is 1.84 bits per heavy atom. The topological polar surface area (TPSA) is 44.1 Å². The highest BCUT2D eigenvalue weighted by Crippen LogP contribution is 2.12. The molecular formula is C13H12F2N2O2. The number of ether oxygens (including phenoxy) is 1. The zero-order valence-electron chi connectivity index (χ0n) is 10.5. The van der Waals surface area contributed by atoms with E-state index in [9.17, 15) is 13.6 Å². The fraction of sp³-hybridized carbons (Fsp3) is 0.231. The molecule has 100 valence electrons. The summed E-state index contributed by atoms with van der Waals surface area (Å²) in [7, 11) is 1.38. The van der Waals surface area contributed by atoms with Crippen molar-refractivity contribution in [2.75, 3.05) is 7.11 Å². The normalized spacial score (nSPS) is 10.5. The van der Waals surface area contributed by atoms with E-state index in [2.05, 4.69) is 4.98 Å². The number of aryl methyl sites for hydroxylation is 1. The van der Waals surface area contributed by atoms with Crippen LogP contribution in [-0.4, -0.2) is 16.7 Å². The molecule has 0 atom stereocenters. The van der Waals surface area contributed by atoms with Gasteiger partial charge in [-0.25, -0.2) is 13.8 Å². The van der Waals surface area contributed by atoms with Gasteiger partial charge in [-0.15, -0.1) is 0 Å². The molecule has 1 aromatic heterocycles. The highest BCUT2D eigenvalue weighted by Gasteiger charge is 2.09. The molecule has 0 aliphatic carbocycles. The molecule has 2 aromatic rings. The summed E-state index contributed by atoms with van der Waals surface area (Å²) in [6.45, 7) is 1.65. The van der Waals surface area contributed by atoms with Gasteiger partial charge < -0.3 is 4.74 Å². The van der Waals surface area contributed by atoms with Gasteiger partial charge in [-0.3, -0.25) is 9.36 Å². The van der Waals surface area contributed by atoms with Crippen molar-refractivity contribution in [3.63, 3.8) is 0 Å². The van der Waals surface area contributed by atoms with Gasteiger partial charge in [-0.1, -0.05) is 0 Å². The van der Waals surface area contributed by atoms with Gasteiger partial charge in [0.2, 0.25) is 0 Å². The average Bonchev–Trinajstić information content (AvgIpc) is 2.31. The first kappa shape index (κ1) is 13.2. The third kappa shape index (κ3) is 2.96. The summed E-state index contributed by atoms with van der Waals surface area (Å²) in [6.07, 6.45) is 0. The summed E-state index contributed by atoms with van der Waals surface area (Å²) in [5.74, 6) is -1.39. The predicted octanol–water partition coefficient (Wildman–Crippen LogP) is 1.89. The molecular weight excluding hydrogens is 254 g/mol. The lowest BCUT2D eigenvalue weighted by Crippen LogP contribution is -2.23. The third-order valence-corrected chi connectivity index (χ3v) is 2.55. The lowest BCUT2D eigenvalue weighted by molar-refractivity contribution is 0.349. The summed E-state index contributed by atoms with van der Waals surface area (Å²) in [5, 5.41) is 0. The standard InChI is InChI=1S/C13H12F2N2O2/c1-8-3-12(18)17(13(16-8)19-2)7-9-4-10(14)6-11(15)5-9/h3-6H,7H2,1-2H3. The molecule has 19 heavy (non-hydrogen) atoms. The van der Waals surface area contributed by atoms with E-state index < -0.39 is 11.6 Å². The Kier molecular flexibility index (Phi) is 3.59. The van der Waals surface area contributed by atoms with Gasteiger partial charge in [0.05, 0.1) is 13.7 Å². The Morgan fingerprint density at radius 3 is 2.42 bits per heavy atom. The first-order valence-electron chi connectivity index (χ1n) is 5.57. The van der Waals surface area contributed by atoms with Gasteiger partial charge in [-0.05, 0) is 24.6 Å². The summed E-state index contributed by atoms with van der Waals surface area (Å²) < 4.78 is 32.4. The number of nitrogens with zero attached hydrogens (tertiary/aromatic N) is 2. The van der Waals surface area contributed by atoms with Crippen LogP contribution in [0.4, 0.5) is 8.78 Å². The molecule has 0 aliphatic rings. The van der Waals surface area contributed by atoms with Crippen molar-refractivity contribution in [2.24, 2.45) is 0 Å². The number of aromatic nitrogens is 2. The molecule has 0 unspecified atom stereocenters. The Bertz CT molecular complexity index is 648. The number of rotatable bonds is 3. The van der Waals surface area contributed by atoms with Crippen LogP contribution in [0, 0.1) is 18.6 Å². The SMILES string of the molecule is COc1nc(C)cc(=O)n1Cc1cc(F)cc(F)c1. The van der Waals surface area contributed by atoms with Gasteiger partial charge in [-0.2, -0.15) is 0 Å². The van der Waals surface area contributed by atoms with E-state index in [-0.39, 0.29) is 18.1 Å². The highest BCUT2D eigenvalue weighted by molar-refractivity contribution is 5.19. The van der Waals surface area contributed by atoms with Gasteiger partial charge >= 0.3 is 0 Å². The molecule has 0 saturated carbocycles. The quantitative estimate of drug-likeness (QED) is 0.852. The average molecular weight is 266 g/mol. The summed E-state index contributed by atoms with van der Waals surface area (Å²) in [5.41, 5.74) is 0.501. The van der Waals surface area contributed by atoms with Crippen LogP contribution in [0.5, 0.6) is 6.01 Å². The maximum absolute atomic E-state index is 13.1. The number of methoxy groups -OCH3 is 1. The van der Waals surface area contributed by atoms with Gasteiger partial charge in [0.1, 0.15) is 11.6 Å². The zero-order chi connectivity index (χ0) is 14.0. The van der Waals surface area contributed by atoms with Crippen molar-refractivity contribution in [1.29, 1.82) is 0 Å². The lowest BCUT2D eigenvalue weighted by Gasteiger charge is -2.11. The fourth-order valence-electron chi connectivity index (χ4n) is 1.78. The Morgan fingerprint density at radius 1 is 1.21 bits per heavy atom. The third-order valence-electron chi connectivity index (χ3n) is 2.55. The van der Waals surface area contributed by atoms with Crippen molar-refractivity contribution < 1.29 is 13.5 Å². The van der Waals surface area contributed by atoms with E-state index in [4.69, 9.17) is 4.74 Å². The van der Waals surface area contributed by atoms with Crippen molar-refractivity contribution in [3.05, 3.63) is 57.5 Å². The molecule has 0 fully saturated rings. The molecule has 0 aliphatic heterocycles. The highest BCUT2D eigenvalue weighted by atomic mass is 19.1. The fourth-order valence-corrected chi connectivity index (χ4v) is 1.78. The summed E-state index contributed by atoms with van der Waals surface area (Å²) in [4.78, 5) is 15.9. The summed E-state index contributed by atoms with van der Waals surface area (Å²) >= 11 is 0. The van der Waals surface area contributed by atoms with E-state index in [1.54, 1.807) is 6.92 Å². The maximum Gasteiger partial charge on any atom is 0.299 e. The Balaban J connectivity index is 2.46. The van der Waals surface area contributed by atoms with Crippen LogP contribution in [-0.2, 0) is 6.54 Å². The maximum atomic E-state index is 13.1. The van der Waals surface area contributed by atoms with Crippen molar-refractivity contribution in [2.45, 2.75) is 13.5 Å². The van der Waals surface area contributed by atoms with Crippen LogP contribution in [0.15, 0.2) is 29.1 Å². The molecule has 2 rings (SSSR count). The number of hydrogen-bond acceptors (Lipinski definition) is 3. The minimum atomic E-state index is -0.693. The van der Waals surface area contributed by atoms with E-state index >= 15 is 0 Å². The van der Waals surface area contributed by atoms with E-state index in [0.29, 0.717) is 11.3 Å². The molecule has 0 radical (unpaired) electrons. The summed E-state index contributed by atoms with van der Waals surface area (Å²) in [6, 6.07) is 4.54. The molecule has 0 amide bonds. The largest absolute Gasteiger partial charge is 0.468 e. The van der Waals surface area contributed by atoms with Crippen LogP contribution in [0.25, 0.3) is 0 Å². The van der Waals surface area contributed by atoms with E-state index in [1.165, 1.54) is 17.7 Å². The molecule has 1 heterocycles. The number of halogens is 2. The van der Waals surface area contributed by atoms with E-state index in [1.807, 2.05) is 0 Å². The van der Waals surface area contributed by atoms with Crippen molar-refractivity contribution in [3.8, 4) is 6.01 Å². The van der Waals surface area contributed by atoms with Gasteiger partial charge in [0.15, 0.2) is 0 Å². The molecule has 0 spiro atoms. The first-order chi connectivity index (χ1) is 8.99. The van der Waals surface area contributed by atoms with E-state index in [0.717, 1.165) is 18.2 Å². The van der Waals surface area contributed by atoms with Gasteiger partial charge in [0, 0.05) is 17.8 Å². The van der Waals surface area contributed by atoms with Crippen molar-refractivity contribution >= 4 is 0 Å². The van der Waals surface area contributed by atoms with Crippen LogP contribution >= 0.6 is 0 Å². The van der Waals surface area contributed by atoms with Crippen LogP contribution in [0.1, 0.15) is 11.3 Å². The molecule has 4 nitrogen and oxygen atoms in total. The monoisotopic (exact) mass is 266 g/mol. The number of hydrogen-bond donors (Lipinski definition) is 0. The molecule has 1 aromatic carbocycles. The molecule has 0 saturated heterocycles. The molecule has 6 heteroatoms. The Hall–Kier alpha value is -2.24. The van der Waals surface area contributed by atoms with Crippen LogP contribution in [0.3, 0.4) is 0 Å².